The van der Waals surface area contributed by atoms with Crippen molar-refractivity contribution in [2.45, 2.75) is 46.0 Å². The normalized spacial score (nSPS) is 12.5. The van der Waals surface area contributed by atoms with Crippen molar-refractivity contribution in [1.29, 1.82) is 0 Å². The Kier molecular flexibility index (Phi) is 16.0. The van der Waals surface area contributed by atoms with E-state index in [9.17, 15) is 0 Å². The SMILES string of the molecule is Cc1cccc(C(c2cccc3c2oc2ccccc23)c2cccc3c4c5ccc6c(c5ccc4n(-c4ccccc4)c23)c2cccc(N(c3ccc(C(C)(C)C)cc3)c3cccc4c5c7ccc8c(c7ccc5n(-c5ccccc5)c34)c3cccc(N(c4cccc(C)c4)c4cccc5c4oc4ccccc45)c3n8-c3ccccc3)c2n6-c2ccccc2)c1. The average Bonchev–Trinajstić information content (AvgIpc) is 1.54. The molecule has 8 heteroatoms. The van der Waals surface area contributed by atoms with E-state index in [4.69, 9.17) is 8.83 Å². The van der Waals surface area contributed by atoms with Crippen LogP contribution in [0, 0.1) is 13.8 Å². The van der Waals surface area contributed by atoms with Gasteiger partial charge >= 0.3 is 0 Å². The number of fused-ring (bicyclic) bond motifs is 24. The fraction of sp³-hybridized carbons (Fsp3) is 0.0598. The number of anilines is 6. The van der Waals surface area contributed by atoms with E-state index in [2.05, 4.69) is 463 Å². The van der Waals surface area contributed by atoms with Crippen LogP contribution in [0.25, 0.3) is 175 Å². The molecule has 0 amide bonds. The summed E-state index contributed by atoms with van der Waals surface area (Å²) in [6.07, 6.45) is 0. The maximum Gasteiger partial charge on any atom is 0.159 e. The van der Waals surface area contributed by atoms with Gasteiger partial charge in [-0.2, -0.15) is 0 Å². The molecular formula is C117H82N6O2. The lowest BCUT2D eigenvalue weighted by molar-refractivity contribution is 0.590. The minimum Gasteiger partial charge on any atom is -0.456 e. The third-order valence-electron chi connectivity index (χ3n) is 26.4. The van der Waals surface area contributed by atoms with Crippen LogP contribution in [0.1, 0.15) is 60.1 Å². The maximum absolute atomic E-state index is 7.01. The van der Waals surface area contributed by atoms with Crippen LogP contribution in [-0.2, 0) is 5.41 Å². The molecule has 19 aromatic carbocycles. The molecule has 8 nitrogen and oxygen atoms in total. The molecule has 0 aliphatic carbocycles. The molecule has 25 aromatic rings. The van der Waals surface area contributed by atoms with Crippen molar-refractivity contribution in [1.82, 2.24) is 18.3 Å². The highest BCUT2D eigenvalue weighted by Gasteiger charge is 2.33. The largest absolute Gasteiger partial charge is 0.456 e. The average molecular weight is 1600 g/mol. The summed E-state index contributed by atoms with van der Waals surface area (Å²) in [5.74, 6) is -0.206. The maximum atomic E-state index is 7.01. The van der Waals surface area contributed by atoms with Gasteiger partial charge in [0.05, 0.1) is 66.9 Å². The van der Waals surface area contributed by atoms with Crippen LogP contribution in [0.4, 0.5) is 34.1 Å². The summed E-state index contributed by atoms with van der Waals surface area (Å²) in [5.41, 5.74) is 29.8. The molecule has 0 N–H and O–H groups in total. The van der Waals surface area contributed by atoms with Crippen molar-refractivity contribution in [2.24, 2.45) is 0 Å². The lowest BCUT2D eigenvalue weighted by atomic mass is 9.82. The van der Waals surface area contributed by atoms with Gasteiger partial charge in [-0.1, -0.05) is 293 Å². The second-order valence-corrected chi connectivity index (χ2v) is 34.7. The van der Waals surface area contributed by atoms with Crippen LogP contribution >= 0.6 is 0 Å². The van der Waals surface area contributed by atoms with Gasteiger partial charge in [0.1, 0.15) is 16.7 Å². The zero-order valence-electron chi connectivity index (χ0n) is 69.7. The van der Waals surface area contributed by atoms with Gasteiger partial charge in [0.25, 0.3) is 0 Å². The first kappa shape index (κ1) is 72.0. The third kappa shape index (κ3) is 10.9. The summed E-state index contributed by atoms with van der Waals surface area (Å²) in [6, 6.07) is 149. The van der Waals surface area contributed by atoms with E-state index in [-0.39, 0.29) is 11.3 Å². The lowest BCUT2D eigenvalue weighted by Gasteiger charge is -2.29. The summed E-state index contributed by atoms with van der Waals surface area (Å²) in [7, 11) is 0. The molecule has 1 unspecified atom stereocenters. The van der Waals surface area contributed by atoms with Crippen molar-refractivity contribution in [2.75, 3.05) is 9.80 Å². The molecule has 6 aromatic heterocycles. The van der Waals surface area contributed by atoms with Crippen LogP contribution in [0.3, 0.4) is 0 Å². The standard InChI is InChI=1S/C117H82N6O2/c1-72-30-22-32-74(70-72)106(95-51-24-44-88-82-42-18-20-56-104(82)124-115(88)95)90-46-25-47-91-107-84-63-67-97-108(85(84)62-66-96(107)120(111(90)91)76-33-10-6-11-34-76)92-48-27-52-100(112(92)121(97)77-35-12-7-13-36-77)118(80-60-58-75(59-61-80)117(3,4)5)101-53-28-49-93-109-86-65-69-99-110(87(86)64-68-98(109)122(113(93)101)78-37-14-8-15-38-78)94-50-29-54-102(114(94)123(99)79-39-16-9-17-40-79)119(81-41-23-31-73(2)71-81)103-55-26-45-89-83-43-19-21-57-105(83)125-116(89)103/h6-71,106H,1-5H3. The van der Waals surface area contributed by atoms with Crippen molar-refractivity contribution in [3.8, 4) is 22.7 Å². The molecule has 0 fully saturated rings. The number of benzene rings is 19. The van der Waals surface area contributed by atoms with Crippen LogP contribution in [0.2, 0.25) is 0 Å². The second-order valence-electron chi connectivity index (χ2n) is 34.7. The number of aryl methyl sites for hydroxylation is 2. The molecule has 0 aliphatic heterocycles. The topological polar surface area (TPSA) is 52.5 Å². The molecule has 6 heterocycles. The number of aromatic nitrogens is 4. The Morgan fingerprint density at radius 3 is 1.03 bits per heavy atom. The third-order valence-corrected chi connectivity index (χ3v) is 26.4. The minimum atomic E-state index is -0.206. The second kappa shape index (κ2) is 27.8. The van der Waals surface area contributed by atoms with Crippen LogP contribution in [-0.4, -0.2) is 18.3 Å². The van der Waals surface area contributed by atoms with E-state index in [0.717, 1.165) is 183 Å². The smallest absolute Gasteiger partial charge is 0.159 e. The van der Waals surface area contributed by atoms with E-state index >= 15 is 0 Å². The highest BCUT2D eigenvalue weighted by Crippen LogP contribution is 2.55. The van der Waals surface area contributed by atoms with E-state index in [1.54, 1.807) is 0 Å². The molecule has 0 radical (unpaired) electrons. The first-order chi connectivity index (χ1) is 61.5. The Morgan fingerprint density at radius 2 is 0.592 bits per heavy atom. The molecule has 125 heavy (non-hydrogen) atoms. The van der Waals surface area contributed by atoms with Gasteiger partial charge in [-0.15, -0.1) is 0 Å². The minimum absolute atomic E-state index is 0.108. The number of nitrogens with zero attached hydrogens (tertiary/aromatic N) is 6. The van der Waals surface area contributed by atoms with Gasteiger partial charge in [0.2, 0.25) is 0 Å². The number of para-hydroxylation sites is 12. The molecule has 0 bridgehead atoms. The molecule has 1 atom stereocenters. The van der Waals surface area contributed by atoms with Crippen molar-refractivity contribution >= 4 is 187 Å². The van der Waals surface area contributed by atoms with Crippen molar-refractivity contribution in [3.63, 3.8) is 0 Å². The molecule has 0 aliphatic rings. The summed E-state index contributed by atoms with van der Waals surface area (Å²) in [6.45, 7) is 11.3. The number of rotatable bonds is 13. The van der Waals surface area contributed by atoms with Crippen LogP contribution in [0.5, 0.6) is 0 Å². The van der Waals surface area contributed by atoms with Gasteiger partial charge < -0.3 is 36.9 Å². The molecule has 0 saturated carbocycles. The first-order valence-corrected chi connectivity index (χ1v) is 43.3. The van der Waals surface area contributed by atoms with Crippen LogP contribution < -0.4 is 9.80 Å². The van der Waals surface area contributed by atoms with Crippen molar-refractivity contribution < 1.29 is 8.83 Å². The van der Waals surface area contributed by atoms with E-state index in [0.29, 0.717) is 0 Å². The molecule has 0 spiro atoms. The first-order valence-electron chi connectivity index (χ1n) is 43.3. The Hall–Kier alpha value is -15.9. The van der Waals surface area contributed by atoms with Crippen molar-refractivity contribution in [3.05, 3.63) is 434 Å². The molecule has 592 valence electrons. The highest BCUT2D eigenvalue weighted by molar-refractivity contribution is 6.34. The summed E-state index contributed by atoms with van der Waals surface area (Å²) in [5, 5.41) is 18.4. The monoisotopic (exact) mass is 1600 g/mol. The zero-order valence-corrected chi connectivity index (χ0v) is 69.7. The van der Waals surface area contributed by atoms with Gasteiger partial charge in [0.15, 0.2) is 5.58 Å². The van der Waals surface area contributed by atoms with E-state index < -0.39 is 0 Å². The summed E-state index contributed by atoms with van der Waals surface area (Å²) >= 11 is 0. The molecule has 25 rings (SSSR count). The Labute approximate surface area is 721 Å². The predicted molar refractivity (Wildman–Crippen MR) is 525 cm³/mol. The van der Waals surface area contributed by atoms with Gasteiger partial charge in [-0.25, -0.2) is 0 Å². The lowest BCUT2D eigenvalue weighted by Crippen LogP contribution is -2.15. The fourth-order valence-corrected chi connectivity index (χ4v) is 21.2. The molecule has 0 saturated heterocycles. The van der Waals surface area contributed by atoms with E-state index in [1.807, 2.05) is 0 Å². The van der Waals surface area contributed by atoms with Crippen LogP contribution in [0.15, 0.2) is 409 Å². The van der Waals surface area contributed by atoms with Gasteiger partial charge in [-0.3, -0.25) is 0 Å². The highest BCUT2D eigenvalue weighted by atomic mass is 16.3. The number of hydrogen-bond acceptors (Lipinski definition) is 4. The quantitative estimate of drug-likeness (QED) is 0.108. The predicted octanol–water partition coefficient (Wildman–Crippen LogP) is 32.2. The van der Waals surface area contributed by atoms with Gasteiger partial charge in [-0.05, 0) is 197 Å². The Balaban J connectivity index is 0.748. The Bertz CT molecular complexity index is 8250. The fourth-order valence-electron chi connectivity index (χ4n) is 21.2. The summed E-state index contributed by atoms with van der Waals surface area (Å²) < 4.78 is 24.1. The van der Waals surface area contributed by atoms with Gasteiger partial charge in [0, 0.05) is 110 Å². The zero-order chi connectivity index (χ0) is 83.0. The summed E-state index contributed by atoms with van der Waals surface area (Å²) in [4.78, 5) is 4.99. The molecular weight excluding hydrogens is 1520 g/mol. The number of hydrogen-bond donors (Lipinski definition) is 0. The Morgan fingerprint density at radius 1 is 0.248 bits per heavy atom. The number of furan rings is 2. The van der Waals surface area contributed by atoms with E-state index in [1.165, 1.54) is 60.0 Å².